The zero-order valence-electron chi connectivity index (χ0n) is 10.2. The molecule has 1 aromatic carbocycles. The third-order valence-corrected chi connectivity index (χ3v) is 2.66. The molecule has 0 radical (unpaired) electrons. The van der Waals surface area contributed by atoms with E-state index in [-0.39, 0.29) is 0 Å². The van der Waals surface area contributed by atoms with Crippen LogP contribution in [0, 0.1) is 0 Å². The smallest absolute Gasteiger partial charge is 0.176 e. The molecule has 0 fully saturated rings. The Labute approximate surface area is 101 Å². The summed E-state index contributed by atoms with van der Waals surface area (Å²) in [5.74, 6) is 0.769. The van der Waals surface area contributed by atoms with E-state index in [9.17, 15) is 0 Å². The minimum atomic E-state index is 0.707. The zero-order valence-corrected chi connectivity index (χ0v) is 10.2. The van der Waals surface area contributed by atoms with Crippen molar-refractivity contribution >= 4 is 11.0 Å². The van der Waals surface area contributed by atoms with Gasteiger partial charge in [0.2, 0.25) is 0 Å². The summed E-state index contributed by atoms with van der Waals surface area (Å²) >= 11 is 0. The summed E-state index contributed by atoms with van der Waals surface area (Å²) in [6.07, 6.45) is 1.77. The van der Waals surface area contributed by atoms with Crippen LogP contribution in [-0.4, -0.2) is 27.4 Å². The van der Waals surface area contributed by atoms with Gasteiger partial charge >= 0.3 is 0 Å². The Morgan fingerprint density at radius 2 is 2.18 bits per heavy atom. The molecule has 1 heterocycles. The third-order valence-electron chi connectivity index (χ3n) is 2.66. The monoisotopic (exact) mass is 235 g/mol. The third kappa shape index (κ3) is 2.60. The number of fused-ring (bicyclic) bond motifs is 1. The van der Waals surface area contributed by atoms with E-state index in [0.29, 0.717) is 6.61 Å². The second kappa shape index (κ2) is 5.70. The normalized spacial score (nSPS) is 10.9. The van der Waals surface area contributed by atoms with Gasteiger partial charge in [0.05, 0.1) is 20.0 Å². The van der Waals surface area contributed by atoms with Crippen LogP contribution >= 0.6 is 0 Å². The summed E-state index contributed by atoms with van der Waals surface area (Å²) < 4.78 is 15.8. The van der Waals surface area contributed by atoms with Gasteiger partial charge in [-0.2, -0.15) is 0 Å². The number of hydrogen-bond acceptors (Lipinski definition) is 4. The molecule has 0 bridgehead atoms. The first-order valence-corrected chi connectivity index (χ1v) is 5.59. The summed E-state index contributed by atoms with van der Waals surface area (Å²) in [4.78, 5) is 0. The predicted octanol–water partition coefficient (Wildman–Crippen LogP) is 2.18. The van der Waals surface area contributed by atoms with Crippen LogP contribution in [0.2, 0.25) is 0 Å². The van der Waals surface area contributed by atoms with Gasteiger partial charge < -0.3 is 19.2 Å². The average molecular weight is 235 g/mol. The van der Waals surface area contributed by atoms with Gasteiger partial charge in [0, 0.05) is 31.1 Å². The summed E-state index contributed by atoms with van der Waals surface area (Å²) in [7, 11) is 3.34. The lowest BCUT2D eigenvalue weighted by atomic mass is 10.1. The lowest BCUT2D eigenvalue weighted by Gasteiger charge is -2.03. The van der Waals surface area contributed by atoms with Gasteiger partial charge in [-0.25, -0.2) is 0 Å². The van der Waals surface area contributed by atoms with Crippen molar-refractivity contribution in [1.82, 2.24) is 5.32 Å². The van der Waals surface area contributed by atoms with Crippen LogP contribution in [0.4, 0.5) is 0 Å². The molecule has 0 saturated heterocycles. The molecule has 0 aliphatic rings. The second-order valence-corrected chi connectivity index (χ2v) is 3.77. The summed E-state index contributed by atoms with van der Waals surface area (Å²) in [6.45, 7) is 2.30. The first-order valence-electron chi connectivity index (χ1n) is 5.59. The number of benzene rings is 1. The van der Waals surface area contributed by atoms with Gasteiger partial charge in [-0.3, -0.25) is 0 Å². The SMILES string of the molecule is COCCNCc1coc2c(OC)cccc12. The molecular formula is C13H17NO3. The fraction of sp³-hybridized carbons (Fsp3) is 0.385. The average Bonchev–Trinajstić information content (AvgIpc) is 2.78. The molecular weight excluding hydrogens is 218 g/mol. The molecule has 0 aliphatic carbocycles. The van der Waals surface area contributed by atoms with Crippen molar-refractivity contribution in [3.05, 3.63) is 30.0 Å². The largest absolute Gasteiger partial charge is 0.493 e. The molecule has 1 aromatic heterocycles. The van der Waals surface area contributed by atoms with Gasteiger partial charge in [0.15, 0.2) is 11.3 Å². The maximum absolute atomic E-state index is 5.53. The molecule has 92 valence electrons. The van der Waals surface area contributed by atoms with Crippen molar-refractivity contribution in [2.45, 2.75) is 6.54 Å². The van der Waals surface area contributed by atoms with E-state index in [4.69, 9.17) is 13.9 Å². The second-order valence-electron chi connectivity index (χ2n) is 3.77. The molecule has 0 saturated carbocycles. The highest BCUT2D eigenvalue weighted by Crippen LogP contribution is 2.29. The standard InChI is InChI=1S/C13H17NO3/c1-15-7-6-14-8-10-9-17-13-11(10)4-3-5-12(13)16-2/h3-5,9,14H,6-8H2,1-2H3. The van der Waals surface area contributed by atoms with Crippen LogP contribution < -0.4 is 10.1 Å². The Hall–Kier alpha value is -1.52. The lowest BCUT2D eigenvalue weighted by Crippen LogP contribution is -2.18. The molecule has 2 rings (SSSR count). The number of hydrogen-bond donors (Lipinski definition) is 1. The molecule has 0 atom stereocenters. The fourth-order valence-corrected chi connectivity index (χ4v) is 1.78. The Kier molecular flexibility index (Phi) is 4.01. The highest BCUT2D eigenvalue weighted by molar-refractivity contribution is 5.86. The minimum absolute atomic E-state index is 0.707. The quantitative estimate of drug-likeness (QED) is 0.779. The van der Waals surface area contributed by atoms with E-state index in [1.165, 1.54) is 0 Å². The van der Waals surface area contributed by atoms with Gasteiger partial charge in [0.25, 0.3) is 0 Å². The number of ether oxygens (including phenoxy) is 2. The Morgan fingerprint density at radius 1 is 1.29 bits per heavy atom. The Bertz CT molecular complexity index is 478. The van der Waals surface area contributed by atoms with E-state index in [1.807, 2.05) is 18.2 Å². The predicted molar refractivity (Wildman–Crippen MR) is 66.3 cm³/mol. The molecule has 4 nitrogen and oxygen atoms in total. The van der Waals surface area contributed by atoms with Crippen molar-refractivity contribution in [2.75, 3.05) is 27.4 Å². The topological polar surface area (TPSA) is 43.6 Å². The summed E-state index contributed by atoms with van der Waals surface area (Å²) in [6, 6.07) is 5.90. The highest BCUT2D eigenvalue weighted by Gasteiger charge is 2.09. The van der Waals surface area contributed by atoms with Crippen LogP contribution in [-0.2, 0) is 11.3 Å². The molecule has 0 amide bonds. The number of methoxy groups -OCH3 is 2. The van der Waals surface area contributed by atoms with Gasteiger partial charge in [0.1, 0.15) is 0 Å². The zero-order chi connectivity index (χ0) is 12.1. The molecule has 0 unspecified atom stereocenters. The number of para-hydroxylation sites is 1. The molecule has 4 heteroatoms. The molecule has 0 spiro atoms. The number of furan rings is 1. The van der Waals surface area contributed by atoms with E-state index in [1.54, 1.807) is 20.5 Å². The minimum Gasteiger partial charge on any atom is -0.493 e. The maximum atomic E-state index is 5.53. The van der Waals surface area contributed by atoms with Gasteiger partial charge in [-0.15, -0.1) is 0 Å². The van der Waals surface area contributed by atoms with Crippen LogP contribution in [0.3, 0.4) is 0 Å². The van der Waals surface area contributed by atoms with E-state index in [0.717, 1.165) is 35.4 Å². The maximum Gasteiger partial charge on any atom is 0.176 e. The van der Waals surface area contributed by atoms with Gasteiger partial charge in [-0.05, 0) is 6.07 Å². The van der Waals surface area contributed by atoms with Crippen molar-refractivity contribution in [1.29, 1.82) is 0 Å². The summed E-state index contributed by atoms with van der Waals surface area (Å²) in [5.41, 5.74) is 1.94. The van der Waals surface area contributed by atoms with Crippen LogP contribution in [0.1, 0.15) is 5.56 Å². The van der Waals surface area contributed by atoms with E-state index in [2.05, 4.69) is 5.32 Å². The van der Waals surface area contributed by atoms with Crippen molar-refractivity contribution in [2.24, 2.45) is 0 Å². The number of nitrogens with one attached hydrogen (secondary N) is 1. The molecule has 1 N–H and O–H groups in total. The lowest BCUT2D eigenvalue weighted by molar-refractivity contribution is 0.199. The fourth-order valence-electron chi connectivity index (χ4n) is 1.78. The van der Waals surface area contributed by atoms with Crippen LogP contribution in [0.5, 0.6) is 5.75 Å². The first-order chi connectivity index (χ1) is 8.36. The summed E-state index contributed by atoms with van der Waals surface area (Å²) in [5, 5.41) is 4.38. The Balaban J connectivity index is 2.13. The number of rotatable bonds is 6. The van der Waals surface area contributed by atoms with Crippen molar-refractivity contribution in [3.8, 4) is 5.75 Å². The molecule has 17 heavy (non-hydrogen) atoms. The first kappa shape index (κ1) is 12.0. The van der Waals surface area contributed by atoms with E-state index < -0.39 is 0 Å². The molecule has 2 aromatic rings. The van der Waals surface area contributed by atoms with Crippen LogP contribution in [0.25, 0.3) is 11.0 Å². The van der Waals surface area contributed by atoms with Crippen molar-refractivity contribution in [3.63, 3.8) is 0 Å². The van der Waals surface area contributed by atoms with E-state index >= 15 is 0 Å². The van der Waals surface area contributed by atoms with Crippen molar-refractivity contribution < 1.29 is 13.9 Å². The molecule has 0 aliphatic heterocycles. The highest BCUT2D eigenvalue weighted by atomic mass is 16.5. The van der Waals surface area contributed by atoms with Gasteiger partial charge in [-0.1, -0.05) is 12.1 Å². The Morgan fingerprint density at radius 3 is 2.94 bits per heavy atom. The van der Waals surface area contributed by atoms with Crippen LogP contribution in [0.15, 0.2) is 28.9 Å².